The Balaban J connectivity index is 1.46. The molecule has 6 aromatic rings. The third-order valence-corrected chi connectivity index (χ3v) is 7.69. The minimum absolute atomic E-state index is 0.0204. The summed E-state index contributed by atoms with van der Waals surface area (Å²) in [5.41, 5.74) is 7.70. The monoisotopic (exact) mass is 439 g/mol. The highest BCUT2D eigenvalue weighted by molar-refractivity contribution is 6.12. The molecule has 1 aliphatic heterocycles. The molecule has 2 aromatic heterocycles. The molecule has 3 atom stereocenters. The number of furan rings is 1. The summed E-state index contributed by atoms with van der Waals surface area (Å²) in [5, 5.41) is 16.1. The van der Waals surface area contributed by atoms with Crippen molar-refractivity contribution in [2.24, 2.45) is 5.92 Å². The molecule has 3 unspecified atom stereocenters. The van der Waals surface area contributed by atoms with Crippen LogP contribution in [0.3, 0.4) is 0 Å². The Bertz CT molecular complexity index is 1850. The summed E-state index contributed by atoms with van der Waals surface area (Å²) in [4.78, 5) is 0. The normalized spacial score (nSPS) is 21.1. The lowest BCUT2D eigenvalue weighted by molar-refractivity contribution is 0.0574. The standard InChI is InChI=1S/C31H21NO2/c33-31-23-10-2-1-7-20(23)25-16-19(17-26-21-8-3-5-11-27(21)32(31)30(25)26)18-13-14-29-24(15-18)22-9-4-6-12-28(22)34-29/h1-17,20,23,31,33H. The number of hydrogen-bond acceptors (Lipinski definition) is 2. The van der Waals surface area contributed by atoms with Crippen molar-refractivity contribution in [1.82, 2.24) is 4.57 Å². The highest BCUT2D eigenvalue weighted by Crippen LogP contribution is 2.49. The molecule has 3 heterocycles. The summed E-state index contributed by atoms with van der Waals surface area (Å²) >= 11 is 0. The molecular formula is C31H21NO2. The van der Waals surface area contributed by atoms with Crippen molar-refractivity contribution in [2.75, 3.05) is 0 Å². The molecule has 3 heteroatoms. The lowest BCUT2D eigenvalue weighted by Gasteiger charge is -2.36. The van der Waals surface area contributed by atoms with Crippen molar-refractivity contribution < 1.29 is 9.52 Å². The number of aromatic nitrogens is 1. The Labute approximate surface area is 195 Å². The van der Waals surface area contributed by atoms with Gasteiger partial charge in [0.15, 0.2) is 0 Å². The number of aliphatic hydroxyl groups is 1. The van der Waals surface area contributed by atoms with Crippen molar-refractivity contribution in [3.8, 4) is 11.1 Å². The maximum Gasteiger partial charge on any atom is 0.138 e. The van der Waals surface area contributed by atoms with Crippen molar-refractivity contribution in [2.45, 2.75) is 12.1 Å². The van der Waals surface area contributed by atoms with Gasteiger partial charge in [0.25, 0.3) is 0 Å². The largest absolute Gasteiger partial charge is 0.456 e. The SMILES string of the molecule is OC1C2C=CC=CC2c2cc(-c3ccc4oc5ccccc5c4c3)cc3c4ccccc4n1c23. The molecular weight excluding hydrogens is 418 g/mol. The van der Waals surface area contributed by atoms with Crippen molar-refractivity contribution >= 4 is 43.7 Å². The zero-order chi connectivity index (χ0) is 22.4. The lowest BCUT2D eigenvalue weighted by Crippen LogP contribution is -2.28. The fraction of sp³-hybridized carbons (Fsp3) is 0.0968. The first-order chi connectivity index (χ1) is 16.8. The van der Waals surface area contributed by atoms with Gasteiger partial charge in [-0.15, -0.1) is 0 Å². The number of para-hydroxylation sites is 2. The molecule has 1 N–H and O–H groups in total. The van der Waals surface area contributed by atoms with Crippen LogP contribution < -0.4 is 0 Å². The fourth-order valence-electron chi connectivity index (χ4n) is 6.16. The molecule has 34 heavy (non-hydrogen) atoms. The summed E-state index contributed by atoms with van der Waals surface area (Å²) in [6, 6.07) is 27.7. The van der Waals surface area contributed by atoms with E-state index in [4.69, 9.17) is 4.42 Å². The maximum absolute atomic E-state index is 11.4. The Morgan fingerprint density at radius 3 is 2.38 bits per heavy atom. The summed E-state index contributed by atoms with van der Waals surface area (Å²) in [6.45, 7) is 0. The van der Waals surface area contributed by atoms with Crippen LogP contribution in [0.25, 0.3) is 54.9 Å². The smallest absolute Gasteiger partial charge is 0.138 e. The Hall–Kier alpha value is -4.08. The van der Waals surface area contributed by atoms with Gasteiger partial charge in [0, 0.05) is 33.4 Å². The van der Waals surface area contributed by atoms with Gasteiger partial charge in [-0.05, 0) is 53.1 Å². The second-order valence-corrected chi connectivity index (χ2v) is 9.44. The molecule has 8 rings (SSSR count). The van der Waals surface area contributed by atoms with Crippen LogP contribution in [0, 0.1) is 5.92 Å². The van der Waals surface area contributed by atoms with E-state index in [2.05, 4.69) is 95.6 Å². The molecule has 0 spiro atoms. The van der Waals surface area contributed by atoms with Crippen LogP contribution in [0.15, 0.2) is 108 Å². The van der Waals surface area contributed by atoms with E-state index in [0.29, 0.717) is 0 Å². The van der Waals surface area contributed by atoms with Crippen molar-refractivity contribution in [3.05, 3.63) is 109 Å². The first-order valence-electron chi connectivity index (χ1n) is 11.8. The quantitative estimate of drug-likeness (QED) is 0.285. The van der Waals surface area contributed by atoms with Gasteiger partial charge in [-0.1, -0.05) is 66.8 Å². The molecule has 0 amide bonds. The number of benzene rings is 4. The molecule has 162 valence electrons. The van der Waals surface area contributed by atoms with E-state index in [-0.39, 0.29) is 11.8 Å². The van der Waals surface area contributed by atoms with Gasteiger partial charge in [-0.2, -0.15) is 0 Å². The Kier molecular flexibility index (Phi) is 3.51. The molecule has 0 saturated carbocycles. The van der Waals surface area contributed by atoms with Gasteiger partial charge in [0.05, 0.1) is 11.0 Å². The average molecular weight is 440 g/mol. The molecule has 0 fully saturated rings. The first kappa shape index (κ1) is 18.4. The topological polar surface area (TPSA) is 38.3 Å². The van der Waals surface area contributed by atoms with E-state index in [0.717, 1.165) is 33.0 Å². The van der Waals surface area contributed by atoms with Crippen LogP contribution >= 0.6 is 0 Å². The lowest BCUT2D eigenvalue weighted by atomic mass is 9.78. The van der Waals surface area contributed by atoms with Gasteiger partial charge in [-0.25, -0.2) is 0 Å². The number of aliphatic hydroxyl groups excluding tert-OH is 1. The minimum atomic E-state index is -0.583. The van der Waals surface area contributed by atoms with Crippen LogP contribution in [0.1, 0.15) is 17.7 Å². The third kappa shape index (κ3) is 2.29. The second-order valence-electron chi connectivity index (χ2n) is 9.44. The molecule has 2 aliphatic rings. The zero-order valence-corrected chi connectivity index (χ0v) is 18.3. The summed E-state index contributed by atoms with van der Waals surface area (Å²) in [6.07, 6.45) is 7.96. The Morgan fingerprint density at radius 1 is 0.676 bits per heavy atom. The molecule has 4 aromatic carbocycles. The summed E-state index contributed by atoms with van der Waals surface area (Å²) in [5.74, 6) is 0.171. The number of hydrogen-bond donors (Lipinski definition) is 1. The van der Waals surface area contributed by atoms with Gasteiger partial charge < -0.3 is 14.1 Å². The third-order valence-electron chi connectivity index (χ3n) is 7.69. The molecule has 3 nitrogen and oxygen atoms in total. The average Bonchev–Trinajstić information content (AvgIpc) is 3.43. The van der Waals surface area contributed by atoms with Gasteiger partial charge in [0.2, 0.25) is 0 Å². The van der Waals surface area contributed by atoms with E-state index in [1.807, 2.05) is 12.1 Å². The van der Waals surface area contributed by atoms with Gasteiger partial charge in [-0.3, -0.25) is 0 Å². The second kappa shape index (κ2) is 6.49. The summed E-state index contributed by atoms with van der Waals surface area (Å²) in [7, 11) is 0. The number of allylic oxidation sites excluding steroid dienone is 3. The van der Waals surface area contributed by atoms with E-state index in [1.165, 1.54) is 27.5 Å². The van der Waals surface area contributed by atoms with Gasteiger partial charge in [0.1, 0.15) is 17.4 Å². The van der Waals surface area contributed by atoms with E-state index in [9.17, 15) is 5.11 Å². The first-order valence-corrected chi connectivity index (χ1v) is 11.8. The summed E-state index contributed by atoms with van der Waals surface area (Å²) < 4.78 is 8.20. The van der Waals surface area contributed by atoms with Crippen molar-refractivity contribution in [3.63, 3.8) is 0 Å². The van der Waals surface area contributed by atoms with Gasteiger partial charge >= 0.3 is 0 Å². The predicted octanol–water partition coefficient (Wildman–Crippen LogP) is 7.69. The van der Waals surface area contributed by atoms with Crippen LogP contribution in [0.2, 0.25) is 0 Å². The van der Waals surface area contributed by atoms with Crippen molar-refractivity contribution in [1.29, 1.82) is 0 Å². The predicted molar refractivity (Wildman–Crippen MR) is 138 cm³/mol. The fourth-order valence-corrected chi connectivity index (χ4v) is 6.16. The van der Waals surface area contributed by atoms with Crippen LogP contribution in [-0.2, 0) is 0 Å². The number of rotatable bonds is 1. The van der Waals surface area contributed by atoms with Crippen LogP contribution in [0.5, 0.6) is 0 Å². The highest BCUT2D eigenvalue weighted by atomic mass is 16.3. The highest BCUT2D eigenvalue weighted by Gasteiger charge is 2.37. The Morgan fingerprint density at radius 2 is 1.44 bits per heavy atom. The molecule has 1 aliphatic carbocycles. The minimum Gasteiger partial charge on any atom is -0.456 e. The number of fused-ring (bicyclic) bond motifs is 8. The van der Waals surface area contributed by atoms with E-state index < -0.39 is 6.23 Å². The number of nitrogens with zero attached hydrogens (tertiary/aromatic N) is 1. The molecule has 0 saturated heterocycles. The van der Waals surface area contributed by atoms with Crippen LogP contribution in [0.4, 0.5) is 0 Å². The van der Waals surface area contributed by atoms with E-state index in [1.54, 1.807) is 0 Å². The van der Waals surface area contributed by atoms with Crippen LogP contribution in [-0.4, -0.2) is 9.67 Å². The molecule has 0 bridgehead atoms. The maximum atomic E-state index is 11.4. The molecule has 0 radical (unpaired) electrons. The zero-order valence-electron chi connectivity index (χ0n) is 18.3. The van der Waals surface area contributed by atoms with E-state index >= 15 is 0 Å².